The second-order valence-corrected chi connectivity index (χ2v) is 23.1. The molecule has 1 nitrogen and oxygen atoms in total. The monoisotopic (exact) mass is 899 g/mol. The summed E-state index contributed by atoms with van der Waals surface area (Å²) in [5, 5.41) is 2.49. The van der Waals surface area contributed by atoms with Crippen molar-refractivity contribution in [2.45, 2.75) is 119 Å². The van der Waals surface area contributed by atoms with E-state index in [0.29, 0.717) is 0 Å². The van der Waals surface area contributed by atoms with Crippen LogP contribution in [0.25, 0.3) is 77.6 Å². The van der Waals surface area contributed by atoms with Gasteiger partial charge < -0.3 is 4.42 Å². The number of fused-ring (bicyclic) bond motifs is 18. The number of furan rings is 1. The zero-order valence-electron chi connectivity index (χ0n) is 43.3. The minimum Gasteiger partial charge on any atom is -0.455 e. The summed E-state index contributed by atoms with van der Waals surface area (Å²) < 4.78 is 6.68. The van der Waals surface area contributed by atoms with Gasteiger partial charge in [-0.25, -0.2) is 0 Å². The van der Waals surface area contributed by atoms with Crippen molar-refractivity contribution < 1.29 is 4.42 Å². The van der Waals surface area contributed by atoms with Gasteiger partial charge in [0.2, 0.25) is 0 Å². The average Bonchev–Trinajstić information content (AvgIpc) is 3.99. The van der Waals surface area contributed by atoms with Crippen LogP contribution in [0.5, 0.6) is 0 Å². The Labute approximate surface area is 411 Å². The Kier molecular flexibility index (Phi) is 9.83. The third-order valence-electron chi connectivity index (χ3n) is 16.5. The van der Waals surface area contributed by atoms with Crippen molar-refractivity contribution in [1.29, 1.82) is 0 Å². The molecule has 1 heterocycles. The van der Waals surface area contributed by atoms with Crippen LogP contribution in [0.15, 0.2) is 150 Å². The Morgan fingerprint density at radius 3 is 1.59 bits per heavy atom. The lowest BCUT2D eigenvalue weighted by molar-refractivity contribution is 0.600. The largest absolute Gasteiger partial charge is 0.455 e. The van der Waals surface area contributed by atoms with Crippen molar-refractivity contribution in [1.82, 2.24) is 0 Å². The molecular formula is C68H66O. The second kappa shape index (κ2) is 15.1. The van der Waals surface area contributed by atoms with E-state index in [1.807, 2.05) is 13.8 Å². The molecule has 1 heteroatoms. The number of rotatable bonds is 1. The Bertz CT molecular complexity index is 3680. The molecule has 0 N–H and O–H groups in total. The number of benzene rings is 8. The van der Waals surface area contributed by atoms with Crippen LogP contribution in [0.1, 0.15) is 136 Å². The van der Waals surface area contributed by atoms with Gasteiger partial charge in [0.1, 0.15) is 11.2 Å². The molecule has 0 amide bonds. The standard InChI is InChI=1S/C33H32.C31H26O.C4H8/c1-19-12-14-23-24-17-29-25(18-28(24)33(6,7)27(23)16-19)31-26(32(29,4)5)15-13-21(3)30(31)22-11-9-8-10-20(22)2;1-17-14-15-19-22(16-17)31(4,5)28-26(19)29-25(20-11-7-9-13-23(20)32-29)24-18-10-6-8-12-21(18)30(2,3)27(24)28;1-4(2)3/h8-18H,1-7H3;6-16H,1-5H3;1H2,2-3H3. The molecule has 0 atom stereocenters. The number of para-hydroxylation sites is 1. The van der Waals surface area contributed by atoms with Gasteiger partial charge in [-0.3, -0.25) is 0 Å². The van der Waals surface area contributed by atoms with Gasteiger partial charge in [0.25, 0.3) is 0 Å². The smallest absolute Gasteiger partial charge is 0.144 e. The molecule has 0 aliphatic heterocycles. The number of hydrogen-bond acceptors (Lipinski definition) is 1. The van der Waals surface area contributed by atoms with E-state index in [0.717, 1.165) is 11.2 Å². The maximum absolute atomic E-state index is 6.68. The Balaban J connectivity index is 0.000000140. The first-order valence-electron chi connectivity index (χ1n) is 25.0. The summed E-state index contributed by atoms with van der Waals surface area (Å²) in [7, 11) is 0. The van der Waals surface area contributed by atoms with Gasteiger partial charge in [-0.15, -0.1) is 6.58 Å². The maximum Gasteiger partial charge on any atom is 0.144 e. The zero-order valence-corrected chi connectivity index (χ0v) is 43.3. The van der Waals surface area contributed by atoms with Crippen LogP contribution in [0.4, 0.5) is 0 Å². The highest BCUT2D eigenvalue weighted by molar-refractivity contribution is 6.20. The van der Waals surface area contributed by atoms with Crippen molar-refractivity contribution >= 4 is 21.9 Å². The zero-order chi connectivity index (χ0) is 48.9. The molecule has 8 aromatic carbocycles. The van der Waals surface area contributed by atoms with E-state index in [2.05, 4.69) is 223 Å². The molecule has 69 heavy (non-hydrogen) atoms. The molecule has 1 aromatic heterocycles. The average molecular weight is 899 g/mol. The summed E-state index contributed by atoms with van der Waals surface area (Å²) >= 11 is 0. The van der Waals surface area contributed by atoms with E-state index < -0.39 is 0 Å². The van der Waals surface area contributed by atoms with Crippen molar-refractivity contribution in [2.24, 2.45) is 0 Å². The summed E-state index contributed by atoms with van der Waals surface area (Å²) in [5.74, 6) is 0. The third kappa shape index (κ3) is 6.28. The normalized spacial score (nSPS) is 15.9. The van der Waals surface area contributed by atoms with E-state index in [4.69, 9.17) is 4.42 Å². The highest BCUT2D eigenvalue weighted by atomic mass is 16.3. The molecule has 344 valence electrons. The maximum atomic E-state index is 6.68. The van der Waals surface area contributed by atoms with E-state index in [1.165, 1.54) is 139 Å². The molecule has 13 rings (SSSR count). The Hall–Kier alpha value is -6.70. The van der Waals surface area contributed by atoms with Gasteiger partial charge in [0, 0.05) is 38.0 Å². The van der Waals surface area contributed by atoms with E-state index in [1.54, 1.807) is 0 Å². The minimum absolute atomic E-state index is 0.00522. The fourth-order valence-electron chi connectivity index (χ4n) is 13.1. The molecule has 4 aliphatic carbocycles. The summed E-state index contributed by atoms with van der Waals surface area (Å²) in [6.45, 7) is 35.6. The summed E-state index contributed by atoms with van der Waals surface area (Å²) in [6, 6.07) is 50.0. The van der Waals surface area contributed by atoms with Crippen LogP contribution in [0.2, 0.25) is 0 Å². The summed E-state index contributed by atoms with van der Waals surface area (Å²) in [4.78, 5) is 0. The van der Waals surface area contributed by atoms with Gasteiger partial charge in [0.15, 0.2) is 0 Å². The highest BCUT2D eigenvalue weighted by Crippen LogP contribution is 2.63. The predicted molar refractivity (Wildman–Crippen MR) is 295 cm³/mol. The highest BCUT2D eigenvalue weighted by Gasteiger charge is 2.49. The molecule has 0 radical (unpaired) electrons. The topological polar surface area (TPSA) is 13.1 Å². The van der Waals surface area contributed by atoms with Crippen LogP contribution < -0.4 is 0 Å². The number of hydrogen-bond donors (Lipinski definition) is 0. The molecule has 0 saturated carbocycles. The molecule has 4 aliphatic rings. The quantitative estimate of drug-likeness (QED) is 0.150. The van der Waals surface area contributed by atoms with Crippen LogP contribution in [0, 0.1) is 27.7 Å². The van der Waals surface area contributed by atoms with Gasteiger partial charge in [-0.1, -0.05) is 187 Å². The van der Waals surface area contributed by atoms with Crippen LogP contribution in [-0.2, 0) is 21.7 Å². The van der Waals surface area contributed by atoms with E-state index in [9.17, 15) is 0 Å². The van der Waals surface area contributed by atoms with Crippen molar-refractivity contribution in [3.8, 4) is 55.6 Å². The minimum atomic E-state index is -0.0900. The first kappa shape index (κ1) is 44.8. The lowest BCUT2D eigenvalue weighted by Gasteiger charge is -2.31. The third-order valence-corrected chi connectivity index (χ3v) is 16.5. The van der Waals surface area contributed by atoms with Crippen LogP contribution in [0.3, 0.4) is 0 Å². The fourth-order valence-corrected chi connectivity index (χ4v) is 13.1. The Morgan fingerprint density at radius 1 is 0.391 bits per heavy atom. The molecule has 9 aromatic rings. The molecule has 0 bridgehead atoms. The SMILES string of the molecule is C=C(C)C.Cc1ccc2c(c1)C(C)(C)c1c3c(c4c(oc5ccccc54)c1-2)-c1ccccc1C3(C)C.Cc1ccc2c(c1)C(C)(C)c1cc3c(cc1-2)C(C)(C)c1ccc(C)c(-c2ccccc2C)c1-3. The van der Waals surface area contributed by atoms with Crippen molar-refractivity contribution in [2.75, 3.05) is 0 Å². The Morgan fingerprint density at radius 2 is 0.899 bits per heavy atom. The number of allylic oxidation sites excluding steroid dienone is 1. The summed E-state index contributed by atoms with van der Waals surface area (Å²) in [5.41, 5.74) is 33.7. The van der Waals surface area contributed by atoms with Crippen LogP contribution in [-0.4, -0.2) is 0 Å². The van der Waals surface area contributed by atoms with E-state index in [-0.39, 0.29) is 21.7 Å². The van der Waals surface area contributed by atoms with E-state index >= 15 is 0 Å². The lowest BCUT2D eigenvalue weighted by Crippen LogP contribution is -2.24. The molecule has 0 fully saturated rings. The molecular weight excluding hydrogens is 833 g/mol. The van der Waals surface area contributed by atoms with Gasteiger partial charge >= 0.3 is 0 Å². The van der Waals surface area contributed by atoms with Crippen molar-refractivity contribution in [3.63, 3.8) is 0 Å². The van der Waals surface area contributed by atoms with Crippen molar-refractivity contribution in [3.05, 3.63) is 212 Å². The summed E-state index contributed by atoms with van der Waals surface area (Å²) in [6.07, 6.45) is 0. The lowest BCUT2D eigenvalue weighted by atomic mass is 9.72. The van der Waals surface area contributed by atoms with Gasteiger partial charge in [-0.05, 0) is 165 Å². The first-order valence-corrected chi connectivity index (χ1v) is 25.0. The molecule has 0 unspecified atom stereocenters. The molecule has 0 spiro atoms. The predicted octanol–water partition coefficient (Wildman–Crippen LogP) is 19.0. The van der Waals surface area contributed by atoms with Gasteiger partial charge in [-0.2, -0.15) is 0 Å². The first-order chi connectivity index (χ1) is 32.7. The van der Waals surface area contributed by atoms with Crippen LogP contribution >= 0.6 is 0 Å². The van der Waals surface area contributed by atoms with Gasteiger partial charge in [0.05, 0.1) is 0 Å². The molecule has 0 saturated heterocycles. The number of aryl methyl sites for hydroxylation is 4. The second-order valence-electron chi connectivity index (χ2n) is 23.1. The fraction of sp³-hybridized carbons (Fsp3) is 0.265.